The molecule has 0 atom stereocenters. The van der Waals surface area contributed by atoms with Crippen LogP contribution in [0.1, 0.15) is 31.9 Å². The molecule has 0 saturated heterocycles. The normalized spacial score (nSPS) is 12.5. The number of hydrogen-bond donors (Lipinski definition) is 2. The highest BCUT2D eigenvalue weighted by atomic mass is 16.6. The van der Waals surface area contributed by atoms with Gasteiger partial charge in [-0.05, 0) is 24.5 Å². The average molecular weight is 307 g/mol. The topological polar surface area (TPSA) is 102 Å². The third-order valence-corrected chi connectivity index (χ3v) is 3.40. The lowest BCUT2D eigenvalue weighted by Gasteiger charge is -2.24. The number of primary amides is 1. The zero-order chi connectivity index (χ0) is 17.5. The van der Waals surface area contributed by atoms with Crippen LogP contribution in [0.3, 0.4) is 0 Å². The first-order chi connectivity index (χ1) is 10.7. The zero-order valence-corrected chi connectivity index (χ0v) is 13.0. The number of hydrogen-bond acceptors (Lipinski definition) is 4. The van der Waals surface area contributed by atoms with Gasteiger partial charge in [0.25, 0.3) is 0 Å². The van der Waals surface area contributed by atoms with E-state index >= 15 is 0 Å². The van der Waals surface area contributed by atoms with Crippen LogP contribution in [0.25, 0.3) is 0 Å². The summed E-state index contributed by atoms with van der Waals surface area (Å²) in [6.07, 6.45) is 0.875. The fraction of sp³-hybridized carbons (Fsp3) is 0.438. The number of nitrogens with two attached hydrogens (primary N) is 1. The van der Waals surface area contributed by atoms with Gasteiger partial charge in [0.2, 0.25) is 12.5 Å². The first kappa shape index (κ1) is 16.0. The lowest BCUT2D eigenvalue weighted by atomic mass is 9.81. The minimum absolute atomic E-state index is 0.177. The maximum Gasteiger partial charge on any atom is 0.344 e. The van der Waals surface area contributed by atoms with Gasteiger partial charge in [-0.3, -0.25) is 4.79 Å². The number of benzene rings is 1. The number of carbonyl (C=O) groups excluding carboxylic acids is 1. The Morgan fingerprint density at radius 3 is 2.45 bits per heavy atom. The molecule has 1 aromatic rings. The monoisotopic (exact) mass is 307 g/mol. The van der Waals surface area contributed by atoms with E-state index in [1.165, 1.54) is 0 Å². The van der Waals surface area contributed by atoms with Crippen molar-refractivity contribution >= 4 is 17.6 Å². The second kappa shape index (κ2) is 7.59. The molecule has 0 aliphatic carbocycles. The quantitative estimate of drug-likeness (QED) is 0.564. The van der Waals surface area contributed by atoms with Gasteiger partial charge in [-0.2, -0.15) is 0 Å². The van der Waals surface area contributed by atoms with Gasteiger partial charge in [0, 0.05) is 5.41 Å². The summed E-state index contributed by atoms with van der Waals surface area (Å²) in [5.41, 5.74) is 4.17. The third kappa shape index (κ3) is 5.95. The molecule has 3 N–H and O–H groups in total. The Morgan fingerprint density at radius 1 is 1.32 bits per heavy atom. The lowest BCUT2D eigenvalue weighted by molar-refractivity contribution is -0.142. The van der Waals surface area contributed by atoms with Gasteiger partial charge in [0.1, 0.15) is 0 Å². The van der Waals surface area contributed by atoms with Crippen molar-refractivity contribution < 1.29 is 20.9 Å². The van der Waals surface area contributed by atoms with Crippen molar-refractivity contribution in [2.24, 2.45) is 16.3 Å². The number of rotatable bonds is 8. The van der Waals surface area contributed by atoms with Crippen molar-refractivity contribution in [3.63, 3.8) is 0 Å². The summed E-state index contributed by atoms with van der Waals surface area (Å²) in [7, 11) is 0. The van der Waals surface area contributed by atoms with Crippen LogP contribution >= 0.6 is 0 Å². The Kier molecular flexibility index (Phi) is 5.52. The van der Waals surface area contributed by atoms with E-state index in [4.69, 9.17) is 11.4 Å². The SMILES string of the molecule is [2H]NC(=O)Cc1ccc(CC(C)(C)/C(C)=N/OCC(=O)O)cc1. The molecule has 0 aliphatic rings. The van der Waals surface area contributed by atoms with Crippen LogP contribution in [0, 0.1) is 5.41 Å². The number of carbonyl (C=O) groups is 2. The molecule has 6 heteroatoms. The molecule has 0 radical (unpaired) electrons. The van der Waals surface area contributed by atoms with Crippen LogP contribution in [0.5, 0.6) is 0 Å². The van der Waals surface area contributed by atoms with E-state index < -0.39 is 12.6 Å². The molecule has 120 valence electrons. The maximum atomic E-state index is 11.2. The summed E-state index contributed by atoms with van der Waals surface area (Å²) < 4.78 is 6.79. The molecular formula is C16H22N2O4. The Labute approximate surface area is 131 Å². The van der Waals surface area contributed by atoms with Gasteiger partial charge in [0.05, 0.1) is 12.1 Å². The summed E-state index contributed by atoms with van der Waals surface area (Å²) in [6, 6.07) is 7.57. The standard InChI is InChI=1S/C16H22N2O4/c1-11(18-22-10-15(20)21)16(2,3)9-13-6-4-12(5-7-13)8-14(17)19/h4-7H,8-10H2,1-3H3,(H2,17,19)(H,20,21)/b18-11+/i/hD. The molecule has 0 heterocycles. The van der Waals surface area contributed by atoms with E-state index in [-0.39, 0.29) is 17.7 Å². The van der Waals surface area contributed by atoms with Crippen molar-refractivity contribution in [3.05, 3.63) is 35.4 Å². The molecule has 0 spiro atoms. The highest BCUT2D eigenvalue weighted by molar-refractivity contribution is 5.87. The van der Waals surface area contributed by atoms with Crippen molar-refractivity contribution in [1.29, 1.82) is 0 Å². The summed E-state index contributed by atoms with van der Waals surface area (Å²) in [5, 5.41) is 12.4. The highest BCUT2D eigenvalue weighted by Gasteiger charge is 2.23. The number of aliphatic carboxylic acids is 1. The van der Waals surface area contributed by atoms with Gasteiger partial charge in [-0.1, -0.05) is 43.3 Å². The minimum atomic E-state index is -1.06. The van der Waals surface area contributed by atoms with Gasteiger partial charge >= 0.3 is 5.97 Å². The zero-order valence-electron chi connectivity index (χ0n) is 14.0. The Bertz CT molecular complexity index is 582. The van der Waals surface area contributed by atoms with Gasteiger partial charge in [-0.15, -0.1) is 0 Å². The van der Waals surface area contributed by atoms with Crippen molar-refractivity contribution in [1.82, 2.24) is 0 Å². The summed E-state index contributed by atoms with van der Waals surface area (Å²) in [4.78, 5) is 26.4. The number of carboxylic acids is 1. The van der Waals surface area contributed by atoms with E-state index in [1.54, 1.807) is 6.92 Å². The van der Waals surface area contributed by atoms with Crippen LogP contribution in [-0.2, 0) is 27.3 Å². The number of nitrogens with zero attached hydrogens (tertiary/aromatic N) is 1. The second-order valence-electron chi connectivity index (χ2n) is 5.82. The van der Waals surface area contributed by atoms with Gasteiger partial charge in [0.15, 0.2) is 1.41 Å². The Hall–Kier alpha value is -2.37. The Morgan fingerprint density at radius 2 is 1.91 bits per heavy atom. The number of carboxylic acid groups (broad SMARTS) is 1. The van der Waals surface area contributed by atoms with Crippen LogP contribution in [0.15, 0.2) is 29.4 Å². The summed E-state index contributed by atoms with van der Waals surface area (Å²) >= 11 is 0. The van der Waals surface area contributed by atoms with Crippen LogP contribution in [0.4, 0.5) is 0 Å². The predicted octanol–water partition coefficient (Wildman–Crippen LogP) is 1.76. The smallest absolute Gasteiger partial charge is 0.344 e. The lowest BCUT2D eigenvalue weighted by Crippen LogP contribution is -2.25. The molecule has 0 aromatic heterocycles. The molecule has 0 aliphatic heterocycles. The van der Waals surface area contributed by atoms with Crippen molar-refractivity contribution in [2.75, 3.05) is 6.61 Å². The van der Waals surface area contributed by atoms with Gasteiger partial charge < -0.3 is 15.7 Å². The summed E-state index contributed by atoms with van der Waals surface area (Å²) in [6.45, 7) is 5.34. The van der Waals surface area contributed by atoms with Crippen LogP contribution in [0.2, 0.25) is 1.41 Å². The molecule has 22 heavy (non-hydrogen) atoms. The molecule has 0 unspecified atom stereocenters. The van der Waals surface area contributed by atoms with Crippen LogP contribution in [-0.4, -0.2) is 29.3 Å². The van der Waals surface area contributed by atoms with E-state index in [9.17, 15) is 9.59 Å². The molecule has 0 bridgehead atoms. The fourth-order valence-corrected chi connectivity index (χ4v) is 1.91. The van der Waals surface area contributed by atoms with E-state index in [2.05, 4.69) is 5.16 Å². The van der Waals surface area contributed by atoms with Crippen molar-refractivity contribution in [2.45, 2.75) is 33.6 Å². The molecule has 1 aromatic carbocycles. The maximum absolute atomic E-state index is 11.2. The fourth-order valence-electron chi connectivity index (χ4n) is 1.91. The molecular weight excluding hydrogens is 284 g/mol. The van der Waals surface area contributed by atoms with Gasteiger partial charge in [-0.25, -0.2) is 4.79 Å². The number of amides is 1. The second-order valence-corrected chi connectivity index (χ2v) is 5.82. The highest BCUT2D eigenvalue weighted by Crippen LogP contribution is 2.24. The first-order valence-electron chi connectivity index (χ1n) is 7.42. The molecule has 0 saturated carbocycles. The molecule has 1 amide bonds. The minimum Gasteiger partial charge on any atom is -0.479 e. The largest absolute Gasteiger partial charge is 0.479 e. The van der Waals surface area contributed by atoms with E-state index in [1.807, 2.05) is 43.8 Å². The summed E-state index contributed by atoms with van der Waals surface area (Å²) in [5.74, 6) is -1.41. The van der Waals surface area contributed by atoms with E-state index in [0.717, 1.165) is 11.1 Å². The third-order valence-electron chi connectivity index (χ3n) is 3.40. The Balaban J connectivity index is 2.69. The molecule has 1 rings (SSSR count). The van der Waals surface area contributed by atoms with Crippen molar-refractivity contribution in [3.8, 4) is 0 Å². The first-order valence-corrected chi connectivity index (χ1v) is 6.92. The van der Waals surface area contributed by atoms with Crippen LogP contribution < -0.4 is 5.73 Å². The molecule has 6 nitrogen and oxygen atoms in total. The molecule has 0 fully saturated rings. The average Bonchev–Trinajstić information content (AvgIpc) is 2.48. The van der Waals surface area contributed by atoms with E-state index in [0.29, 0.717) is 12.1 Å². The number of oxime groups is 1. The predicted molar refractivity (Wildman–Crippen MR) is 83.5 cm³/mol.